The Balaban J connectivity index is 2.08. The van der Waals surface area contributed by atoms with Gasteiger partial charge in [-0.15, -0.1) is 0 Å². The molecule has 1 aromatic heterocycles. The van der Waals surface area contributed by atoms with Gasteiger partial charge in [-0.3, -0.25) is 9.36 Å². The van der Waals surface area contributed by atoms with E-state index in [0.29, 0.717) is 24.5 Å². The zero-order valence-electron chi connectivity index (χ0n) is 13.7. The van der Waals surface area contributed by atoms with Crippen molar-refractivity contribution >= 4 is 16.6 Å². The molecule has 0 amide bonds. The van der Waals surface area contributed by atoms with E-state index in [4.69, 9.17) is 0 Å². The second-order valence-corrected chi connectivity index (χ2v) is 6.27. The van der Waals surface area contributed by atoms with E-state index in [1.165, 1.54) is 30.3 Å². The molecule has 4 rings (SSSR count). The number of aromatic nitrogens is 2. The first kappa shape index (κ1) is 16.2. The zero-order valence-corrected chi connectivity index (χ0v) is 13.7. The van der Waals surface area contributed by atoms with Gasteiger partial charge in [-0.05, 0) is 49.2 Å². The summed E-state index contributed by atoms with van der Waals surface area (Å²) in [5, 5.41) is 19.2. The molecule has 3 aromatic rings. The maximum atomic E-state index is 14.6. The summed E-state index contributed by atoms with van der Waals surface area (Å²) >= 11 is 0. The van der Waals surface area contributed by atoms with E-state index in [2.05, 4.69) is 0 Å². The van der Waals surface area contributed by atoms with E-state index in [1.807, 2.05) is 4.90 Å². The van der Waals surface area contributed by atoms with Crippen molar-refractivity contribution in [1.29, 1.82) is 0 Å². The maximum absolute atomic E-state index is 14.6. The van der Waals surface area contributed by atoms with Crippen molar-refractivity contribution in [2.45, 2.75) is 12.8 Å². The molecule has 0 radical (unpaired) electrons. The molecular weight excluding hydrogens is 341 g/mol. The van der Waals surface area contributed by atoms with Gasteiger partial charge in [0.05, 0.1) is 22.3 Å². The van der Waals surface area contributed by atoms with Crippen molar-refractivity contribution in [1.82, 2.24) is 9.30 Å². The standard InChI is InChI=1S/C18H16FN3O4/c19-14-9-13-15(10-16(14)20-7-1-2-8-20)21(18(25)22(26)17(13)24)11-3-5-12(23)6-4-11/h3-6,9-10,23,26H,1-2,7-8H2. The topological polar surface area (TPSA) is 87.7 Å². The van der Waals surface area contributed by atoms with E-state index >= 15 is 0 Å². The number of hydrogen-bond acceptors (Lipinski definition) is 5. The molecule has 0 saturated carbocycles. The van der Waals surface area contributed by atoms with E-state index in [0.717, 1.165) is 23.5 Å². The van der Waals surface area contributed by atoms with Gasteiger partial charge in [0.15, 0.2) is 0 Å². The van der Waals surface area contributed by atoms with Crippen LogP contribution in [0.2, 0.25) is 0 Å². The van der Waals surface area contributed by atoms with Gasteiger partial charge in [-0.1, -0.05) is 4.73 Å². The molecule has 2 N–H and O–H groups in total. The second-order valence-electron chi connectivity index (χ2n) is 6.27. The van der Waals surface area contributed by atoms with Crippen LogP contribution in [0.3, 0.4) is 0 Å². The van der Waals surface area contributed by atoms with Gasteiger partial charge in [-0.2, -0.15) is 0 Å². The van der Waals surface area contributed by atoms with Gasteiger partial charge in [-0.25, -0.2) is 9.18 Å². The normalized spacial score (nSPS) is 14.3. The largest absolute Gasteiger partial charge is 0.508 e. The lowest BCUT2D eigenvalue weighted by molar-refractivity contribution is 0.160. The van der Waals surface area contributed by atoms with E-state index in [-0.39, 0.29) is 21.4 Å². The Hall–Kier alpha value is -3.29. The van der Waals surface area contributed by atoms with Crippen LogP contribution in [-0.2, 0) is 0 Å². The van der Waals surface area contributed by atoms with Crippen LogP contribution in [0.4, 0.5) is 10.1 Å². The molecule has 1 aliphatic rings. The number of anilines is 1. The van der Waals surface area contributed by atoms with Gasteiger partial charge in [0, 0.05) is 13.1 Å². The number of phenolic OH excluding ortho intramolecular Hbond substituents is 1. The molecule has 1 aliphatic heterocycles. The van der Waals surface area contributed by atoms with Crippen molar-refractivity contribution in [3.05, 3.63) is 63.1 Å². The predicted octanol–water partition coefficient (Wildman–Crippen LogP) is 1.83. The number of hydrogen-bond donors (Lipinski definition) is 2. The summed E-state index contributed by atoms with van der Waals surface area (Å²) in [5.74, 6) is -0.570. The summed E-state index contributed by atoms with van der Waals surface area (Å²) in [4.78, 5) is 26.6. The maximum Gasteiger partial charge on any atom is 0.369 e. The zero-order chi connectivity index (χ0) is 18.4. The Bertz CT molecular complexity index is 1110. The molecule has 1 saturated heterocycles. The molecule has 134 valence electrons. The molecule has 7 nitrogen and oxygen atoms in total. The average molecular weight is 357 g/mol. The third-order valence-electron chi connectivity index (χ3n) is 4.66. The number of fused-ring (bicyclic) bond motifs is 1. The molecule has 1 fully saturated rings. The van der Waals surface area contributed by atoms with Crippen LogP contribution in [0.25, 0.3) is 16.6 Å². The highest BCUT2D eigenvalue weighted by atomic mass is 19.1. The van der Waals surface area contributed by atoms with Gasteiger partial charge in [0.2, 0.25) is 0 Å². The number of rotatable bonds is 2. The van der Waals surface area contributed by atoms with E-state index in [9.17, 15) is 24.3 Å². The van der Waals surface area contributed by atoms with Crippen LogP contribution < -0.4 is 16.1 Å². The van der Waals surface area contributed by atoms with Crippen molar-refractivity contribution in [3.8, 4) is 11.4 Å². The van der Waals surface area contributed by atoms with Crippen LogP contribution in [0, 0.1) is 5.82 Å². The first-order valence-corrected chi connectivity index (χ1v) is 8.22. The van der Waals surface area contributed by atoms with Crippen LogP contribution in [0.15, 0.2) is 46.0 Å². The quantitative estimate of drug-likeness (QED) is 0.684. The van der Waals surface area contributed by atoms with Crippen molar-refractivity contribution in [3.63, 3.8) is 0 Å². The summed E-state index contributed by atoms with van der Waals surface area (Å²) < 4.78 is 15.7. The number of halogens is 1. The molecule has 0 bridgehead atoms. The lowest BCUT2D eigenvalue weighted by atomic mass is 10.2. The summed E-state index contributed by atoms with van der Waals surface area (Å²) in [6.45, 7) is 1.39. The Kier molecular flexibility index (Phi) is 3.68. The molecule has 2 heterocycles. The van der Waals surface area contributed by atoms with Crippen LogP contribution >= 0.6 is 0 Å². The number of aromatic hydroxyl groups is 1. The van der Waals surface area contributed by atoms with Crippen LogP contribution in [0.5, 0.6) is 5.75 Å². The summed E-state index contributed by atoms with van der Waals surface area (Å²) in [6.07, 6.45) is 1.89. The molecule has 0 spiro atoms. The monoisotopic (exact) mass is 357 g/mol. The minimum absolute atomic E-state index is 0.00669. The Morgan fingerprint density at radius 1 is 1.00 bits per heavy atom. The smallest absolute Gasteiger partial charge is 0.369 e. The molecular formula is C18H16FN3O4. The first-order chi connectivity index (χ1) is 12.5. The summed E-state index contributed by atoms with van der Waals surface area (Å²) in [5.41, 5.74) is -1.10. The van der Waals surface area contributed by atoms with E-state index in [1.54, 1.807) is 0 Å². The van der Waals surface area contributed by atoms with Gasteiger partial charge < -0.3 is 15.2 Å². The van der Waals surface area contributed by atoms with Gasteiger partial charge in [0.25, 0.3) is 5.56 Å². The Morgan fingerprint density at radius 2 is 1.65 bits per heavy atom. The highest BCUT2D eigenvalue weighted by Crippen LogP contribution is 2.28. The summed E-state index contributed by atoms with van der Waals surface area (Å²) in [6, 6.07) is 8.22. The lowest BCUT2D eigenvalue weighted by Crippen LogP contribution is -2.38. The number of benzene rings is 2. The lowest BCUT2D eigenvalue weighted by Gasteiger charge is -2.20. The van der Waals surface area contributed by atoms with Crippen molar-refractivity contribution in [2.75, 3.05) is 18.0 Å². The molecule has 8 heteroatoms. The molecule has 0 atom stereocenters. The SMILES string of the molecule is O=c1c2cc(F)c(N3CCCC3)cc2n(-c2ccc(O)cc2)c(=O)n1O. The second kappa shape index (κ2) is 5.91. The first-order valence-electron chi connectivity index (χ1n) is 8.22. The van der Waals surface area contributed by atoms with Gasteiger partial charge in [0.1, 0.15) is 11.6 Å². The number of nitrogens with zero attached hydrogens (tertiary/aromatic N) is 3. The number of phenols is 1. The van der Waals surface area contributed by atoms with Crippen molar-refractivity contribution < 1.29 is 14.7 Å². The Morgan fingerprint density at radius 3 is 2.31 bits per heavy atom. The molecule has 0 aliphatic carbocycles. The van der Waals surface area contributed by atoms with Gasteiger partial charge >= 0.3 is 5.69 Å². The molecule has 2 aromatic carbocycles. The highest BCUT2D eigenvalue weighted by Gasteiger charge is 2.21. The fourth-order valence-corrected chi connectivity index (χ4v) is 3.36. The summed E-state index contributed by atoms with van der Waals surface area (Å²) in [7, 11) is 0. The molecule has 26 heavy (non-hydrogen) atoms. The minimum Gasteiger partial charge on any atom is -0.508 e. The van der Waals surface area contributed by atoms with Crippen molar-refractivity contribution in [2.24, 2.45) is 0 Å². The van der Waals surface area contributed by atoms with Crippen LogP contribution in [-0.4, -0.2) is 32.7 Å². The fraction of sp³-hybridized carbons (Fsp3) is 0.222. The van der Waals surface area contributed by atoms with Crippen LogP contribution in [0.1, 0.15) is 12.8 Å². The molecule has 0 unspecified atom stereocenters. The minimum atomic E-state index is -0.980. The predicted molar refractivity (Wildman–Crippen MR) is 94.1 cm³/mol. The van der Waals surface area contributed by atoms with E-state index < -0.39 is 17.1 Å². The third-order valence-corrected chi connectivity index (χ3v) is 4.66. The average Bonchev–Trinajstić information content (AvgIpc) is 3.16. The fourth-order valence-electron chi connectivity index (χ4n) is 3.36. The Labute approximate surface area is 146 Å². The highest BCUT2D eigenvalue weighted by molar-refractivity contribution is 5.84. The third kappa shape index (κ3) is 2.42.